The lowest BCUT2D eigenvalue weighted by Crippen LogP contribution is -1.97. The van der Waals surface area contributed by atoms with Crippen LogP contribution in [0.3, 0.4) is 0 Å². The summed E-state index contributed by atoms with van der Waals surface area (Å²) in [5.41, 5.74) is 8.00. The van der Waals surface area contributed by atoms with Gasteiger partial charge >= 0.3 is 0 Å². The molecule has 0 atom stereocenters. The molecule has 2 N–H and O–H groups in total. The van der Waals surface area contributed by atoms with Crippen LogP contribution in [0.15, 0.2) is 18.2 Å². The zero-order valence-corrected chi connectivity index (χ0v) is 11.0. The fourth-order valence-electron chi connectivity index (χ4n) is 1.97. The van der Waals surface area contributed by atoms with E-state index in [4.69, 9.17) is 17.3 Å². The van der Waals surface area contributed by atoms with E-state index in [-0.39, 0.29) is 5.82 Å². The molecule has 2 aromatic rings. The van der Waals surface area contributed by atoms with Crippen LogP contribution in [-0.4, -0.2) is 4.98 Å². The molecule has 1 aromatic carbocycles. The van der Waals surface area contributed by atoms with Crippen molar-refractivity contribution >= 4 is 28.3 Å². The molecule has 0 saturated carbocycles. The van der Waals surface area contributed by atoms with Crippen LogP contribution in [0.25, 0.3) is 10.9 Å². The molecule has 4 heteroatoms. The van der Waals surface area contributed by atoms with Crippen LogP contribution >= 0.6 is 11.6 Å². The third-order valence-electron chi connectivity index (χ3n) is 2.97. The number of halogens is 1. The smallest absolute Gasteiger partial charge is 0.142 e. The van der Waals surface area contributed by atoms with E-state index in [0.29, 0.717) is 16.1 Å². The fraction of sp³-hybridized carbons (Fsp3) is 0.286. The van der Waals surface area contributed by atoms with Crippen LogP contribution < -0.4 is 5.73 Å². The van der Waals surface area contributed by atoms with Gasteiger partial charge in [-0.2, -0.15) is 5.26 Å². The first kappa shape index (κ1) is 12.7. The van der Waals surface area contributed by atoms with Crippen molar-refractivity contribution in [2.24, 2.45) is 0 Å². The normalized spacial score (nSPS) is 10.5. The Kier molecular flexibility index (Phi) is 3.69. The molecule has 18 heavy (non-hydrogen) atoms. The molecule has 0 radical (unpaired) electrons. The molecule has 92 valence electrons. The van der Waals surface area contributed by atoms with E-state index in [2.05, 4.69) is 18.0 Å². The van der Waals surface area contributed by atoms with E-state index in [9.17, 15) is 5.26 Å². The number of nitriles is 1. The van der Waals surface area contributed by atoms with Crippen LogP contribution in [0, 0.1) is 11.3 Å². The molecule has 0 saturated heterocycles. The van der Waals surface area contributed by atoms with Crippen molar-refractivity contribution in [3.8, 4) is 6.07 Å². The van der Waals surface area contributed by atoms with Gasteiger partial charge in [-0.1, -0.05) is 37.1 Å². The first-order valence-corrected chi connectivity index (χ1v) is 6.33. The lowest BCUT2D eigenvalue weighted by atomic mass is 9.99. The highest BCUT2D eigenvalue weighted by atomic mass is 35.5. The van der Waals surface area contributed by atoms with Crippen molar-refractivity contribution in [2.45, 2.75) is 26.2 Å². The van der Waals surface area contributed by atoms with Gasteiger partial charge in [0.2, 0.25) is 0 Å². The number of nitrogens with zero attached hydrogens (tertiary/aromatic N) is 2. The molecule has 1 aromatic heterocycles. The summed E-state index contributed by atoms with van der Waals surface area (Å²) in [4.78, 5) is 4.24. The summed E-state index contributed by atoms with van der Waals surface area (Å²) in [6, 6.07) is 7.91. The van der Waals surface area contributed by atoms with Crippen molar-refractivity contribution in [3.05, 3.63) is 34.3 Å². The molecule has 0 aliphatic heterocycles. The maximum absolute atomic E-state index is 9.31. The number of nitrogen functional groups attached to an aromatic ring is 1. The van der Waals surface area contributed by atoms with Crippen LogP contribution in [0.1, 0.15) is 30.9 Å². The van der Waals surface area contributed by atoms with Gasteiger partial charge in [-0.3, -0.25) is 0 Å². The Morgan fingerprint density at radius 2 is 2.22 bits per heavy atom. The second-order valence-electron chi connectivity index (χ2n) is 4.24. The van der Waals surface area contributed by atoms with Gasteiger partial charge in [0.15, 0.2) is 0 Å². The number of unbranched alkanes of at least 4 members (excludes halogenated alkanes) is 1. The van der Waals surface area contributed by atoms with Gasteiger partial charge in [-0.15, -0.1) is 0 Å². The van der Waals surface area contributed by atoms with Gasteiger partial charge < -0.3 is 5.73 Å². The number of aryl methyl sites for hydroxylation is 1. The van der Waals surface area contributed by atoms with Crippen molar-refractivity contribution in [3.63, 3.8) is 0 Å². The second kappa shape index (κ2) is 5.24. The SMILES string of the molecule is CCCCc1ccc2cc(Cl)c(N)nc2c1C#N. The largest absolute Gasteiger partial charge is 0.382 e. The second-order valence-corrected chi connectivity index (χ2v) is 4.65. The number of pyridine rings is 1. The number of hydrogen-bond donors (Lipinski definition) is 1. The number of fused-ring (bicyclic) bond motifs is 1. The highest BCUT2D eigenvalue weighted by Gasteiger charge is 2.10. The minimum Gasteiger partial charge on any atom is -0.382 e. The third-order valence-corrected chi connectivity index (χ3v) is 3.27. The lowest BCUT2D eigenvalue weighted by Gasteiger charge is -2.08. The van der Waals surface area contributed by atoms with Gasteiger partial charge in [-0.25, -0.2) is 4.98 Å². The highest BCUT2D eigenvalue weighted by Crippen LogP contribution is 2.27. The molecule has 2 rings (SSSR count). The van der Waals surface area contributed by atoms with E-state index >= 15 is 0 Å². The number of rotatable bonds is 3. The monoisotopic (exact) mass is 259 g/mol. The topological polar surface area (TPSA) is 62.7 Å². The summed E-state index contributed by atoms with van der Waals surface area (Å²) in [6.45, 7) is 2.13. The molecule has 0 aliphatic rings. The molecule has 3 nitrogen and oxygen atoms in total. The molecular formula is C14H14ClN3. The summed E-state index contributed by atoms with van der Waals surface area (Å²) < 4.78 is 0. The van der Waals surface area contributed by atoms with Crippen molar-refractivity contribution in [2.75, 3.05) is 5.73 Å². The van der Waals surface area contributed by atoms with Crippen molar-refractivity contribution in [1.82, 2.24) is 4.98 Å². The zero-order valence-electron chi connectivity index (χ0n) is 10.2. The standard InChI is InChI=1S/C14H14ClN3/c1-2-3-4-9-5-6-10-7-12(15)14(17)18-13(10)11(9)8-16/h5-7H,2-4H2,1H3,(H2,17,18). The Balaban J connectivity index is 2.64. The molecular weight excluding hydrogens is 246 g/mol. The van der Waals surface area contributed by atoms with E-state index in [0.717, 1.165) is 30.2 Å². The van der Waals surface area contributed by atoms with E-state index in [1.807, 2.05) is 12.1 Å². The molecule has 0 aliphatic carbocycles. The summed E-state index contributed by atoms with van der Waals surface area (Å²) in [5, 5.41) is 10.6. The minimum atomic E-state index is 0.272. The number of benzene rings is 1. The summed E-state index contributed by atoms with van der Waals surface area (Å²) in [6.07, 6.45) is 3.04. The Bertz CT molecular complexity index is 629. The van der Waals surface area contributed by atoms with Gasteiger partial charge in [0, 0.05) is 5.39 Å². The predicted molar refractivity (Wildman–Crippen MR) is 74.5 cm³/mol. The zero-order chi connectivity index (χ0) is 13.1. The number of aromatic nitrogens is 1. The molecule has 0 unspecified atom stereocenters. The molecule has 0 spiro atoms. The van der Waals surface area contributed by atoms with Gasteiger partial charge in [-0.05, 0) is 24.5 Å². The van der Waals surface area contributed by atoms with E-state index in [1.165, 1.54) is 0 Å². The van der Waals surface area contributed by atoms with E-state index in [1.54, 1.807) is 6.07 Å². The van der Waals surface area contributed by atoms with Crippen molar-refractivity contribution in [1.29, 1.82) is 5.26 Å². The Morgan fingerprint density at radius 1 is 1.44 bits per heavy atom. The summed E-state index contributed by atoms with van der Waals surface area (Å²) in [7, 11) is 0. The van der Waals surface area contributed by atoms with Crippen molar-refractivity contribution < 1.29 is 0 Å². The van der Waals surface area contributed by atoms with Crippen LogP contribution in [-0.2, 0) is 6.42 Å². The first-order valence-electron chi connectivity index (χ1n) is 5.95. The van der Waals surface area contributed by atoms with Crippen LogP contribution in [0.5, 0.6) is 0 Å². The Labute approximate surface area is 111 Å². The van der Waals surface area contributed by atoms with Crippen LogP contribution in [0.2, 0.25) is 5.02 Å². The average molecular weight is 260 g/mol. The number of nitrogens with two attached hydrogens (primary N) is 1. The third kappa shape index (κ3) is 2.25. The first-order chi connectivity index (χ1) is 8.67. The summed E-state index contributed by atoms with van der Waals surface area (Å²) >= 11 is 5.94. The highest BCUT2D eigenvalue weighted by molar-refractivity contribution is 6.33. The Morgan fingerprint density at radius 3 is 2.89 bits per heavy atom. The molecule has 0 amide bonds. The Hall–Kier alpha value is -1.79. The predicted octanol–water partition coefficient (Wildman–Crippen LogP) is 3.68. The lowest BCUT2D eigenvalue weighted by molar-refractivity contribution is 0.794. The van der Waals surface area contributed by atoms with Crippen LogP contribution in [0.4, 0.5) is 5.82 Å². The average Bonchev–Trinajstić information content (AvgIpc) is 2.37. The number of hydrogen-bond acceptors (Lipinski definition) is 3. The maximum Gasteiger partial charge on any atom is 0.142 e. The fourth-order valence-corrected chi connectivity index (χ4v) is 2.13. The summed E-state index contributed by atoms with van der Waals surface area (Å²) in [5.74, 6) is 0.272. The van der Waals surface area contributed by atoms with E-state index < -0.39 is 0 Å². The molecule has 0 fully saturated rings. The van der Waals surface area contributed by atoms with Gasteiger partial charge in [0.05, 0.1) is 16.1 Å². The molecule has 0 bridgehead atoms. The minimum absolute atomic E-state index is 0.272. The molecule has 1 heterocycles. The number of anilines is 1. The van der Waals surface area contributed by atoms with Gasteiger partial charge in [0.25, 0.3) is 0 Å². The van der Waals surface area contributed by atoms with Gasteiger partial charge in [0.1, 0.15) is 11.9 Å². The quantitative estimate of drug-likeness (QED) is 0.914. The maximum atomic E-state index is 9.31.